The highest BCUT2D eigenvalue weighted by atomic mass is 16.6. The predicted molar refractivity (Wildman–Crippen MR) is 68.7 cm³/mol. The summed E-state index contributed by atoms with van der Waals surface area (Å²) in [5, 5.41) is 10.9. The van der Waals surface area contributed by atoms with Crippen LogP contribution in [0.3, 0.4) is 0 Å². The lowest BCUT2D eigenvalue weighted by atomic mass is 10.3. The van der Waals surface area contributed by atoms with Crippen molar-refractivity contribution in [1.29, 1.82) is 0 Å². The Bertz CT molecular complexity index is 485. The van der Waals surface area contributed by atoms with E-state index < -0.39 is 4.92 Å². The molecule has 8 nitrogen and oxygen atoms in total. The van der Waals surface area contributed by atoms with Crippen molar-refractivity contribution in [3.8, 4) is 0 Å². The number of carbonyl (C=O) groups is 1. The number of pyridine rings is 1. The van der Waals surface area contributed by atoms with Crippen LogP contribution >= 0.6 is 0 Å². The SMILES string of the molecule is NC(=O)CN1CCN(c2ncccc2[N+](=O)[O-])CC1. The van der Waals surface area contributed by atoms with Crippen LogP contribution in [0.1, 0.15) is 0 Å². The summed E-state index contributed by atoms with van der Waals surface area (Å²) in [4.78, 5) is 29.2. The van der Waals surface area contributed by atoms with Gasteiger partial charge in [0.2, 0.25) is 11.7 Å². The fourth-order valence-corrected chi connectivity index (χ4v) is 2.11. The van der Waals surface area contributed by atoms with E-state index in [1.54, 1.807) is 6.07 Å². The van der Waals surface area contributed by atoms with Crippen LogP contribution in [0.15, 0.2) is 18.3 Å². The highest BCUT2D eigenvalue weighted by Gasteiger charge is 2.24. The highest BCUT2D eigenvalue weighted by Crippen LogP contribution is 2.25. The van der Waals surface area contributed by atoms with E-state index >= 15 is 0 Å². The maximum absolute atomic E-state index is 10.9. The van der Waals surface area contributed by atoms with Gasteiger partial charge in [-0.3, -0.25) is 19.8 Å². The number of amides is 1. The topological polar surface area (TPSA) is 106 Å². The predicted octanol–water partition coefficient (Wildman–Crippen LogP) is -0.403. The van der Waals surface area contributed by atoms with Crippen LogP contribution < -0.4 is 10.6 Å². The van der Waals surface area contributed by atoms with Gasteiger partial charge in [0.15, 0.2) is 0 Å². The fraction of sp³-hybridized carbons (Fsp3) is 0.455. The summed E-state index contributed by atoms with van der Waals surface area (Å²) in [5.74, 6) is 0.0171. The molecule has 8 heteroatoms. The van der Waals surface area contributed by atoms with Gasteiger partial charge in [0.1, 0.15) is 0 Å². The van der Waals surface area contributed by atoms with E-state index in [1.807, 2.05) is 9.80 Å². The molecule has 0 saturated carbocycles. The Kier molecular flexibility index (Phi) is 3.91. The Labute approximate surface area is 110 Å². The van der Waals surface area contributed by atoms with Gasteiger partial charge in [-0.15, -0.1) is 0 Å². The summed E-state index contributed by atoms with van der Waals surface area (Å²) < 4.78 is 0. The first-order chi connectivity index (χ1) is 9.08. The second-order valence-electron chi connectivity index (χ2n) is 4.33. The molecule has 102 valence electrons. The summed E-state index contributed by atoms with van der Waals surface area (Å²) in [5.41, 5.74) is 5.14. The Morgan fingerprint density at radius 2 is 2.11 bits per heavy atom. The third kappa shape index (κ3) is 3.16. The molecule has 0 atom stereocenters. The molecule has 1 aliphatic heterocycles. The quantitative estimate of drug-likeness (QED) is 0.586. The molecule has 2 heterocycles. The third-order valence-electron chi connectivity index (χ3n) is 3.01. The van der Waals surface area contributed by atoms with E-state index in [0.29, 0.717) is 32.0 Å². The van der Waals surface area contributed by atoms with Crippen molar-refractivity contribution in [3.05, 3.63) is 28.4 Å². The molecule has 0 unspecified atom stereocenters. The van der Waals surface area contributed by atoms with Gasteiger partial charge < -0.3 is 10.6 Å². The molecular weight excluding hydrogens is 250 g/mol. The van der Waals surface area contributed by atoms with Crippen molar-refractivity contribution in [3.63, 3.8) is 0 Å². The van der Waals surface area contributed by atoms with Crippen LogP contribution in [-0.2, 0) is 4.79 Å². The lowest BCUT2D eigenvalue weighted by Crippen LogP contribution is -2.49. The average molecular weight is 265 g/mol. The minimum Gasteiger partial charge on any atom is -0.369 e. The number of anilines is 1. The first-order valence-corrected chi connectivity index (χ1v) is 5.93. The Morgan fingerprint density at radius 3 is 2.68 bits per heavy atom. The molecule has 1 saturated heterocycles. The lowest BCUT2D eigenvalue weighted by molar-refractivity contribution is -0.384. The summed E-state index contributed by atoms with van der Waals surface area (Å²) in [6.45, 7) is 2.67. The summed E-state index contributed by atoms with van der Waals surface area (Å²) in [6.07, 6.45) is 1.54. The monoisotopic (exact) mass is 265 g/mol. The molecular formula is C11H15N5O3. The van der Waals surface area contributed by atoms with Crippen molar-refractivity contribution in [1.82, 2.24) is 9.88 Å². The van der Waals surface area contributed by atoms with Crippen LogP contribution in [0, 0.1) is 10.1 Å². The number of nitrogens with two attached hydrogens (primary N) is 1. The maximum Gasteiger partial charge on any atom is 0.311 e. The summed E-state index contributed by atoms with van der Waals surface area (Å²) in [7, 11) is 0. The summed E-state index contributed by atoms with van der Waals surface area (Å²) in [6, 6.07) is 2.99. The molecule has 1 aromatic heterocycles. The minimum atomic E-state index is -0.432. The first kappa shape index (κ1) is 13.2. The number of nitrogens with zero attached hydrogens (tertiary/aromatic N) is 4. The van der Waals surface area contributed by atoms with Crippen molar-refractivity contribution in [2.24, 2.45) is 5.73 Å². The van der Waals surface area contributed by atoms with E-state index in [4.69, 9.17) is 5.73 Å². The summed E-state index contributed by atoms with van der Waals surface area (Å²) >= 11 is 0. The van der Waals surface area contributed by atoms with Gasteiger partial charge in [-0.25, -0.2) is 4.98 Å². The molecule has 1 aromatic rings. The van der Waals surface area contributed by atoms with Gasteiger partial charge in [-0.05, 0) is 6.07 Å². The Hall–Kier alpha value is -2.22. The molecule has 1 aliphatic rings. The van der Waals surface area contributed by atoms with E-state index in [9.17, 15) is 14.9 Å². The normalized spacial score (nSPS) is 16.3. The van der Waals surface area contributed by atoms with E-state index in [2.05, 4.69) is 4.98 Å². The second kappa shape index (κ2) is 5.61. The number of nitro groups is 1. The van der Waals surface area contributed by atoms with Gasteiger partial charge in [0.25, 0.3) is 0 Å². The largest absolute Gasteiger partial charge is 0.369 e. The lowest BCUT2D eigenvalue weighted by Gasteiger charge is -2.34. The molecule has 1 amide bonds. The van der Waals surface area contributed by atoms with Crippen LogP contribution in [0.2, 0.25) is 0 Å². The molecule has 19 heavy (non-hydrogen) atoms. The fourth-order valence-electron chi connectivity index (χ4n) is 2.11. The zero-order chi connectivity index (χ0) is 13.8. The molecule has 2 N–H and O–H groups in total. The first-order valence-electron chi connectivity index (χ1n) is 5.93. The van der Waals surface area contributed by atoms with Crippen molar-refractivity contribution >= 4 is 17.4 Å². The number of carbonyl (C=O) groups excluding carboxylic acids is 1. The standard InChI is InChI=1S/C11H15N5O3/c12-10(17)8-14-4-6-15(7-5-14)11-9(16(18)19)2-1-3-13-11/h1-3H,4-8H2,(H2,12,17). The Morgan fingerprint density at radius 1 is 1.42 bits per heavy atom. The maximum atomic E-state index is 10.9. The van der Waals surface area contributed by atoms with E-state index in [1.165, 1.54) is 12.3 Å². The van der Waals surface area contributed by atoms with Crippen molar-refractivity contribution < 1.29 is 9.72 Å². The highest BCUT2D eigenvalue weighted by molar-refractivity contribution is 5.76. The van der Waals surface area contributed by atoms with Gasteiger partial charge in [0.05, 0.1) is 11.5 Å². The van der Waals surface area contributed by atoms with Gasteiger partial charge in [-0.1, -0.05) is 0 Å². The molecule has 0 aliphatic carbocycles. The van der Waals surface area contributed by atoms with Crippen molar-refractivity contribution in [2.75, 3.05) is 37.6 Å². The van der Waals surface area contributed by atoms with Crippen molar-refractivity contribution in [2.45, 2.75) is 0 Å². The van der Waals surface area contributed by atoms with Gasteiger partial charge >= 0.3 is 5.69 Å². The second-order valence-corrected chi connectivity index (χ2v) is 4.33. The molecule has 0 aromatic carbocycles. The van der Waals surface area contributed by atoms with Gasteiger partial charge in [-0.2, -0.15) is 0 Å². The van der Waals surface area contributed by atoms with Crippen LogP contribution in [0.5, 0.6) is 0 Å². The number of hydrogen-bond donors (Lipinski definition) is 1. The Balaban J connectivity index is 2.05. The number of primary amides is 1. The zero-order valence-corrected chi connectivity index (χ0v) is 10.4. The van der Waals surface area contributed by atoms with Gasteiger partial charge in [0, 0.05) is 38.4 Å². The molecule has 0 bridgehead atoms. The number of aromatic nitrogens is 1. The average Bonchev–Trinajstić information content (AvgIpc) is 2.39. The number of hydrogen-bond acceptors (Lipinski definition) is 6. The third-order valence-corrected chi connectivity index (χ3v) is 3.01. The smallest absolute Gasteiger partial charge is 0.311 e. The van der Waals surface area contributed by atoms with E-state index in [-0.39, 0.29) is 18.1 Å². The van der Waals surface area contributed by atoms with Crippen LogP contribution in [-0.4, -0.2) is 53.4 Å². The molecule has 0 radical (unpaired) electrons. The molecule has 1 fully saturated rings. The van der Waals surface area contributed by atoms with E-state index in [0.717, 1.165) is 0 Å². The number of rotatable bonds is 4. The van der Waals surface area contributed by atoms with Crippen LogP contribution in [0.4, 0.5) is 11.5 Å². The molecule has 2 rings (SSSR count). The van der Waals surface area contributed by atoms with Crippen LogP contribution in [0.25, 0.3) is 0 Å². The number of piperazine rings is 1. The zero-order valence-electron chi connectivity index (χ0n) is 10.4. The molecule has 0 spiro atoms. The minimum absolute atomic E-state index is 0.00542.